The first-order chi connectivity index (χ1) is 15.2. The smallest absolute Gasteiger partial charge is 0.277 e. The molecule has 9 heteroatoms. The van der Waals surface area contributed by atoms with Crippen molar-refractivity contribution in [3.8, 4) is 5.75 Å². The van der Waals surface area contributed by atoms with Crippen LogP contribution in [0.15, 0.2) is 68.5 Å². The molecule has 0 bridgehead atoms. The average molecular weight is 460 g/mol. The number of hydrogen-bond acceptors (Lipinski definition) is 7. The molecule has 1 aliphatic rings. The van der Waals surface area contributed by atoms with Gasteiger partial charge in [0.1, 0.15) is 11.5 Å². The fourth-order valence-corrected chi connectivity index (χ4v) is 3.99. The van der Waals surface area contributed by atoms with Gasteiger partial charge in [-0.25, -0.2) is 0 Å². The second-order valence-corrected chi connectivity index (χ2v) is 8.36. The predicted molar refractivity (Wildman–Crippen MR) is 117 cm³/mol. The summed E-state index contributed by atoms with van der Waals surface area (Å²) in [6.07, 6.45) is 7.89. The maximum atomic E-state index is 13.0. The van der Waals surface area contributed by atoms with E-state index in [0.717, 1.165) is 37.1 Å². The van der Waals surface area contributed by atoms with Crippen LogP contribution >= 0.6 is 23.4 Å². The molecule has 0 unspecified atom stereocenters. The third-order valence-electron chi connectivity index (χ3n) is 4.75. The summed E-state index contributed by atoms with van der Waals surface area (Å²) in [7, 11) is 0. The highest BCUT2D eigenvalue weighted by molar-refractivity contribution is 7.99. The lowest BCUT2D eigenvalue weighted by Crippen LogP contribution is -2.32. The molecule has 162 valence electrons. The van der Waals surface area contributed by atoms with E-state index in [9.17, 15) is 4.79 Å². The molecule has 3 aromatic rings. The van der Waals surface area contributed by atoms with Gasteiger partial charge in [0, 0.05) is 10.7 Å². The molecular weight excluding hydrogens is 438 g/mol. The summed E-state index contributed by atoms with van der Waals surface area (Å²) in [4.78, 5) is 14.8. The summed E-state index contributed by atoms with van der Waals surface area (Å²) in [5.41, 5.74) is 1.05. The minimum absolute atomic E-state index is 0.0216. The number of halogens is 1. The lowest BCUT2D eigenvalue weighted by atomic mass is 10.0. The molecule has 1 amide bonds. The fraction of sp³-hybridized carbons (Fsp3) is 0.318. The van der Waals surface area contributed by atoms with E-state index in [2.05, 4.69) is 16.3 Å². The summed E-state index contributed by atoms with van der Waals surface area (Å²) in [6.45, 7) is 0.558. The Morgan fingerprint density at radius 1 is 1.19 bits per heavy atom. The van der Waals surface area contributed by atoms with Gasteiger partial charge in [0.15, 0.2) is 6.61 Å². The van der Waals surface area contributed by atoms with Gasteiger partial charge in [-0.05, 0) is 62.1 Å². The number of benzene rings is 1. The van der Waals surface area contributed by atoms with Gasteiger partial charge in [-0.1, -0.05) is 29.4 Å². The summed E-state index contributed by atoms with van der Waals surface area (Å²) in [5.74, 6) is 1.92. The molecule has 7 nitrogen and oxygen atoms in total. The van der Waals surface area contributed by atoms with Crippen LogP contribution in [0.3, 0.4) is 0 Å². The first-order valence-electron chi connectivity index (χ1n) is 10.0. The lowest BCUT2D eigenvalue weighted by Gasteiger charge is -2.26. The number of carbonyl (C=O) groups is 1. The van der Waals surface area contributed by atoms with E-state index in [1.54, 1.807) is 35.4 Å². The average Bonchev–Trinajstić information content (AvgIpc) is 3.48. The van der Waals surface area contributed by atoms with Crippen molar-refractivity contribution in [1.82, 2.24) is 15.1 Å². The Hall–Kier alpha value is -2.71. The van der Waals surface area contributed by atoms with Gasteiger partial charge < -0.3 is 18.5 Å². The van der Waals surface area contributed by atoms with E-state index in [1.165, 1.54) is 11.8 Å². The molecule has 0 radical (unpaired) electrons. The molecule has 1 aromatic carbocycles. The highest BCUT2D eigenvalue weighted by atomic mass is 35.5. The van der Waals surface area contributed by atoms with Crippen LogP contribution in [0.25, 0.3) is 0 Å². The molecule has 0 saturated carbocycles. The van der Waals surface area contributed by atoms with Gasteiger partial charge in [-0.3, -0.25) is 4.79 Å². The minimum atomic E-state index is -0.0216. The van der Waals surface area contributed by atoms with Crippen LogP contribution in [-0.4, -0.2) is 26.8 Å². The van der Waals surface area contributed by atoms with Crippen LogP contribution in [0.2, 0.25) is 5.02 Å². The van der Waals surface area contributed by atoms with E-state index in [1.807, 2.05) is 12.1 Å². The SMILES string of the molecule is O=C(CSc1nnc(COc2ccc(Cl)cc2)o1)N(Cc1ccco1)C1=CCCCC1. The summed E-state index contributed by atoms with van der Waals surface area (Å²) in [5, 5.41) is 8.96. The fourth-order valence-electron chi connectivity index (χ4n) is 3.21. The molecule has 31 heavy (non-hydrogen) atoms. The Kier molecular flexibility index (Phi) is 7.32. The molecule has 0 spiro atoms. The topological polar surface area (TPSA) is 81.6 Å². The number of rotatable bonds is 9. The van der Waals surface area contributed by atoms with E-state index in [4.69, 9.17) is 25.2 Å². The highest BCUT2D eigenvalue weighted by Gasteiger charge is 2.22. The van der Waals surface area contributed by atoms with Crippen LogP contribution in [0.4, 0.5) is 0 Å². The third-order valence-corrected chi connectivity index (χ3v) is 5.81. The number of carbonyl (C=O) groups excluding carboxylic acids is 1. The Bertz CT molecular complexity index is 1020. The van der Waals surface area contributed by atoms with Gasteiger partial charge in [-0.2, -0.15) is 0 Å². The molecule has 1 aliphatic carbocycles. The molecule has 0 aliphatic heterocycles. The summed E-state index contributed by atoms with van der Waals surface area (Å²) < 4.78 is 16.7. The van der Waals surface area contributed by atoms with E-state index < -0.39 is 0 Å². The Morgan fingerprint density at radius 3 is 2.81 bits per heavy atom. The number of aromatic nitrogens is 2. The quantitative estimate of drug-likeness (QED) is 0.392. The van der Waals surface area contributed by atoms with Gasteiger partial charge in [0.05, 0.1) is 18.6 Å². The Balaban J connectivity index is 1.33. The molecule has 2 heterocycles. The van der Waals surface area contributed by atoms with Crippen molar-refractivity contribution in [3.05, 3.63) is 71.1 Å². The highest BCUT2D eigenvalue weighted by Crippen LogP contribution is 2.25. The zero-order chi connectivity index (χ0) is 21.5. The van der Waals surface area contributed by atoms with Gasteiger partial charge in [0.2, 0.25) is 5.91 Å². The zero-order valence-electron chi connectivity index (χ0n) is 16.8. The molecular formula is C22H22ClN3O4S. The van der Waals surface area contributed by atoms with Crippen molar-refractivity contribution in [1.29, 1.82) is 0 Å². The number of nitrogens with zero attached hydrogens (tertiary/aromatic N) is 3. The van der Waals surface area contributed by atoms with Crippen molar-refractivity contribution < 1.29 is 18.4 Å². The standard InChI is InChI=1S/C22H22ClN3O4S/c23-16-8-10-18(11-9-16)29-14-20-24-25-22(30-20)31-15-21(27)26(13-19-7-4-12-28-19)17-5-2-1-3-6-17/h4-5,7-12H,1-3,6,13-15H2. The monoisotopic (exact) mass is 459 g/mol. The molecule has 0 fully saturated rings. The van der Waals surface area contributed by atoms with Crippen molar-refractivity contribution in [2.75, 3.05) is 5.75 Å². The molecule has 0 saturated heterocycles. The predicted octanol–water partition coefficient (Wildman–Crippen LogP) is 5.47. The number of amides is 1. The van der Waals surface area contributed by atoms with Crippen LogP contribution < -0.4 is 4.74 Å². The normalized spacial score (nSPS) is 13.6. The Labute approximate surface area is 189 Å². The second-order valence-electron chi connectivity index (χ2n) is 6.99. The van der Waals surface area contributed by atoms with Gasteiger partial charge in [0.25, 0.3) is 11.1 Å². The van der Waals surface area contributed by atoms with Gasteiger partial charge >= 0.3 is 0 Å². The first-order valence-corrected chi connectivity index (χ1v) is 11.4. The van der Waals surface area contributed by atoms with Crippen molar-refractivity contribution in [3.63, 3.8) is 0 Å². The van der Waals surface area contributed by atoms with E-state index in [-0.39, 0.29) is 18.3 Å². The van der Waals surface area contributed by atoms with Gasteiger partial charge in [-0.15, -0.1) is 10.2 Å². The number of allylic oxidation sites excluding steroid dienone is 2. The molecule has 2 aromatic heterocycles. The summed E-state index contributed by atoms with van der Waals surface area (Å²) in [6, 6.07) is 10.7. The van der Waals surface area contributed by atoms with Crippen LogP contribution in [0.1, 0.15) is 37.3 Å². The first kappa shape index (κ1) is 21.5. The van der Waals surface area contributed by atoms with E-state index >= 15 is 0 Å². The van der Waals surface area contributed by atoms with Crippen molar-refractivity contribution in [2.45, 2.75) is 44.1 Å². The minimum Gasteiger partial charge on any atom is -0.484 e. The van der Waals surface area contributed by atoms with Crippen LogP contribution in [0.5, 0.6) is 5.75 Å². The van der Waals surface area contributed by atoms with Crippen LogP contribution in [-0.2, 0) is 17.9 Å². The molecule has 4 rings (SSSR count). The van der Waals surface area contributed by atoms with Crippen molar-refractivity contribution in [2.24, 2.45) is 0 Å². The maximum absolute atomic E-state index is 13.0. The number of ether oxygens (including phenoxy) is 1. The largest absolute Gasteiger partial charge is 0.484 e. The zero-order valence-corrected chi connectivity index (χ0v) is 18.4. The lowest BCUT2D eigenvalue weighted by molar-refractivity contribution is -0.127. The number of thioether (sulfide) groups is 1. The number of furan rings is 1. The third kappa shape index (κ3) is 6.15. The van der Waals surface area contributed by atoms with Crippen LogP contribution in [0, 0.1) is 0 Å². The van der Waals surface area contributed by atoms with Crippen molar-refractivity contribution >= 4 is 29.3 Å². The number of hydrogen-bond donors (Lipinski definition) is 0. The van der Waals surface area contributed by atoms with E-state index in [0.29, 0.717) is 28.4 Å². The maximum Gasteiger partial charge on any atom is 0.277 e. The molecule has 0 N–H and O–H groups in total. The second kappa shape index (κ2) is 10.5. The molecule has 0 atom stereocenters. The Morgan fingerprint density at radius 2 is 2.06 bits per heavy atom. The summed E-state index contributed by atoms with van der Waals surface area (Å²) >= 11 is 7.08.